The lowest BCUT2D eigenvalue weighted by Crippen LogP contribution is -2.30. The topological polar surface area (TPSA) is 61.2 Å². The highest BCUT2D eigenvalue weighted by Gasteiger charge is 2.23. The average molecular weight is 437 g/mol. The van der Waals surface area contributed by atoms with E-state index in [4.69, 9.17) is 4.74 Å². The lowest BCUT2D eigenvalue weighted by atomic mass is 9.89. The van der Waals surface area contributed by atoms with E-state index in [2.05, 4.69) is 30.1 Å². The zero-order valence-electron chi connectivity index (χ0n) is 17.9. The summed E-state index contributed by atoms with van der Waals surface area (Å²) < 4.78 is 7.06. The van der Waals surface area contributed by atoms with E-state index < -0.39 is 0 Å². The summed E-state index contributed by atoms with van der Waals surface area (Å²) >= 11 is 1.48. The molecule has 0 saturated heterocycles. The molecule has 0 bridgehead atoms. The molecule has 0 N–H and O–H groups in total. The molecule has 2 unspecified atom stereocenters. The van der Waals surface area contributed by atoms with Crippen LogP contribution in [0.4, 0.5) is 0 Å². The van der Waals surface area contributed by atoms with Crippen molar-refractivity contribution in [2.24, 2.45) is 5.92 Å². The third-order valence-corrected chi connectivity index (χ3v) is 7.59. The first-order valence-electron chi connectivity index (χ1n) is 11.4. The first kappa shape index (κ1) is 20.4. The number of rotatable bonds is 4. The van der Waals surface area contributed by atoms with Crippen LogP contribution in [-0.4, -0.2) is 21.6 Å². The van der Waals surface area contributed by atoms with Crippen LogP contribution in [0.25, 0.3) is 21.3 Å². The standard InChI is InChI=1S/C25H28N2O3S/c1-16-5-4-8-20(11-16)30-22(28)13-27-15-26-24-23(25(27)29)21(14-31-24)19-10-9-17-6-2-3-7-18(17)12-19/h9-10,12,14-16,20H,2-8,11,13H2,1H3. The second-order valence-corrected chi connectivity index (χ2v) is 9.94. The third kappa shape index (κ3) is 4.18. The number of ether oxygens (including phenoxy) is 1. The lowest BCUT2D eigenvalue weighted by Gasteiger charge is -2.26. The summed E-state index contributed by atoms with van der Waals surface area (Å²) in [6.45, 7) is 2.10. The normalized spacial score (nSPS) is 21.1. The van der Waals surface area contributed by atoms with E-state index in [9.17, 15) is 9.59 Å². The molecule has 2 aliphatic rings. The van der Waals surface area contributed by atoms with Gasteiger partial charge in [0.15, 0.2) is 0 Å². The molecule has 1 saturated carbocycles. The van der Waals surface area contributed by atoms with Crippen molar-refractivity contribution in [3.63, 3.8) is 0 Å². The van der Waals surface area contributed by atoms with Crippen molar-refractivity contribution in [2.75, 3.05) is 0 Å². The quantitative estimate of drug-likeness (QED) is 0.532. The van der Waals surface area contributed by atoms with Crippen molar-refractivity contribution in [1.29, 1.82) is 0 Å². The minimum atomic E-state index is -0.354. The van der Waals surface area contributed by atoms with E-state index in [1.807, 2.05) is 5.38 Å². The Morgan fingerprint density at radius 3 is 2.87 bits per heavy atom. The van der Waals surface area contributed by atoms with E-state index in [-0.39, 0.29) is 24.2 Å². The number of nitrogens with zero attached hydrogens (tertiary/aromatic N) is 2. The van der Waals surface area contributed by atoms with Crippen molar-refractivity contribution < 1.29 is 9.53 Å². The summed E-state index contributed by atoms with van der Waals surface area (Å²) in [5.41, 5.74) is 4.60. The van der Waals surface area contributed by atoms with Gasteiger partial charge >= 0.3 is 5.97 Å². The summed E-state index contributed by atoms with van der Waals surface area (Å²) in [6, 6.07) is 6.54. The van der Waals surface area contributed by atoms with Gasteiger partial charge in [0.25, 0.3) is 5.56 Å². The maximum Gasteiger partial charge on any atom is 0.326 e. The van der Waals surface area contributed by atoms with Gasteiger partial charge in [0, 0.05) is 10.9 Å². The second kappa shape index (κ2) is 8.58. The number of benzene rings is 1. The fraction of sp³-hybridized carbons (Fsp3) is 0.480. The van der Waals surface area contributed by atoms with Crippen LogP contribution in [0.15, 0.2) is 34.7 Å². The molecule has 1 aromatic carbocycles. The zero-order valence-corrected chi connectivity index (χ0v) is 18.7. The Labute approximate surface area is 186 Å². The highest BCUT2D eigenvalue weighted by molar-refractivity contribution is 7.17. The second-order valence-electron chi connectivity index (χ2n) is 9.08. The van der Waals surface area contributed by atoms with Gasteiger partial charge in [-0.15, -0.1) is 11.3 Å². The number of fused-ring (bicyclic) bond motifs is 2. The van der Waals surface area contributed by atoms with Crippen LogP contribution in [0.2, 0.25) is 0 Å². The molecule has 6 heteroatoms. The van der Waals surface area contributed by atoms with Gasteiger partial charge < -0.3 is 4.74 Å². The number of carbonyl (C=O) groups excluding carboxylic acids is 1. The van der Waals surface area contributed by atoms with Crippen LogP contribution in [0.1, 0.15) is 56.6 Å². The molecule has 31 heavy (non-hydrogen) atoms. The fourth-order valence-corrected chi connectivity index (χ4v) is 5.95. The zero-order chi connectivity index (χ0) is 21.4. The number of carbonyl (C=O) groups is 1. The average Bonchev–Trinajstić information content (AvgIpc) is 3.20. The molecule has 5 nitrogen and oxygen atoms in total. The summed E-state index contributed by atoms with van der Waals surface area (Å²) in [5, 5.41) is 2.61. The van der Waals surface area contributed by atoms with Crippen molar-refractivity contribution >= 4 is 27.5 Å². The summed E-state index contributed by atoms with van der Waals surface area (Å²) in [4.78, 5) is 31.0. The van der Waals surface area contributed by atoms with Crippen molar-refractivity contribution in [3.05, 3.63) is 51.4 Å². The van der Waals surface area contributed by atoms with Crippen LogP contribution in [-0.2, 0) is 28.9 Å². The molecular formula is C25H28N2O3S. The van der Waals surface area contributed by atoms with Crippen molar-refractivity contribution in [1.82, 2.24) is 9.55 Å². The van der Waals surface area contributed by atoms with Gasteiger partial charge in [0.05, 0.1) is 11.7 Å². The number of hydrogen-bond donors (Lipinski definition) is 0. The largest absolute Gasteiger partial charge is 0.461 e. The molecule has 0 radical (unpaired) electrons. The van der Waals surface area contributed by atoms with Gasteiger partial charge in [0.2, 0.25) is 0 Å². The van der Waals surface area contributed by atoms with Gasteiger partial charge in [-0.2, -0.15) is 0 Å². The summed E-state index contributed by atoms with van der Waals surface area (Å²) in [7, 11) is 0. The van der Waals surface area contributed by atoms with Gasteiger partial charge in [0.1, 0.15) is 17.5 Å². The Morgan fingerprint density at radius 1 is 1.19 bits per heavy atom. The SMILES string of the molecule is CC1CCCC(OC(=O)Cn2cnc3scc(-c4ccc5c(c4)CCCC5)c3c2=O)C1. The minimum Gasteiger partial charge on any atom is -0.461 e. The molecule has 1 fully saturated rings. The minimum absolute atomic E-state index is 0.0316. The number of esters is 1. The highest BCUT2D eigenvalue weighted by Crippen LogP contribution is 2.33. The molecule has 3 aromatic rings. The smallest absolute Gasteiger partial charge is 0.326 e. The van der Waals surface area contributed by atoms with E-state index in [0.29, 0.717) is 16.1 Å². The van der Waals surface area contributed by atoms with E-state index >= 15 is 0 Å². The molecular weight excluding hydrogens is 408 g/mol. The monoisotopic (exact) mass is 436 g/mol. The Kier molecular flexibility index (Phi) is 5.65. The molecule has 162 valence electrons. The Balaban J connectivity index is 1.42. The van der Waals surface area contributed by atoms with Gasteiger partial charge in [-0.1, -0.05) is 31.5 Å². The number of aromatic nitrogens is 2. The maximum atomic E-state index is 13.3. The van der Waals surface area contributed by atoms with E-state index in [1.165, 1.54) is 52.6 Å². The molecule has 2 atom stereocenters. The van der Waals surface area contributed by atoms with Gasteiger partial charge in [-0.3, -0.25) is 14.2 Å². The van der Waals surface area contributed by atoms with Gasteiger partial charge in [-0.25, -0.2) is 4.98 Å². The summed E-state index contributed by atoms with van der Waals surface area (Å²) in [6.07, 6.45) is 10.2. The summed E-state index contributed by atoms with van der Waals surface area (Å²) in [5.74, 6) is 0.227. The number of thiophene rings is 1. The Bertz CT molecular complexity index is 1180. The van der Waals surface area contributed by atoms with Crippen LogP contribution in [0.5, 0.6) is 0 Å². The van der Waals surface area contributed by atoms with Crippen molar-refractivity contribution in [3.8, 4) is 11.1 Å². The molecule has 2 aliphatic carbocycles. The van der Waals surface area contributed by atoms with Crippen LogP contribution < -0.4 is 5.56 Å². The molecule has 2 heterocycles. The third-order valence-electron chi connectivity index (χ3n) is 6.71. The Hall–Kier alpha value is -2.47. The van der Waals surface area contributed by atoms with E-state index in [1.54, 1.807) is 0 Å². The predicted molar refractivity (Wildman–Crippen MR) is 123 cm³/mol. The molecule has 2 aromatic heterocycles. The maximum absolute atomic E-state index is 13.3. The number of aryl methyl sites for hydroxylation is 2. The first-order chi connectivity index (χ1) is 15.1. The van der Waals surface area contributed by atoms with Crippen LogP contribution in [0, 0.1) is 5.92 Å². The van der Waals surface area contributed by atoms with Crippen LogP contribution in [0.3, 0.4) is 0 Å². The lowest BCUT2D eigenvalue weighted by molar-refractivity contribution is -0.152. The van der Waals surface area contributed by atoms with Crippen LogP contribution >= 0.6 is 11.3 Å². The number of hydrogen-bond acceptors (Lipinski definition) is 5. The Morgan fingerprint density at radius 2 is 2.03 bits per heavy atom. The first-order valence-corrected chi connectivity index (χ1v) is 12.2. The highest BCUT2D eigenvalue weighted by atomic mass is 32.1. The fourth-order valence-electron chi connectivity index (χ4n) is 5.04. The van der Waals surface area contributed by atoms with Gasteiger partial charge in [-0.05, 0) is 67.6 Å². The van der Waals surface area contributed by atoms with E-state index in [0.717, 1.165) is 43.2 Å². The molecule has 0 amide bonds. The van der Waals surface area contributed by atoms with Crippen molar-refractivity contribution in [2.45, 2.75) is 70.9 Å². The molecule has 0 aliphatic heterocycles. The molecule has 5 rings (SSSR count). The predicted octanol–water partition coefficient (Wildman–Crippen LogP) is 5.13. The molecule has 0 spiro atoms.